The van der Waals surface area contributed by atoms with Crippen LogP contribution in [0.25, 0.3) is 0 Å². The third-order valence-electron chi connectivity index (χ3n) is 5.28. The molecule has 0 fully saturated rings. The van der Waals surface area contributed by atoms with Crippen molar-refractivity contribution in [1.29, 1.82) is 0 Å². The Hall–Kier alpha value is 0.0900. The van der Waals surface area contributed by atoms with Gasteiger partial charge in [0.15, 0.2) is 0 Å². The summed E-state index contributed by atoms with van der Waals surface area (Å²) in [5, 5.41) is 20.7. The molecule has 30 heavy (non-hydrogen) atoms. The number of rotatable bonds is 23. The molecule has 0 unspecified atom stereocenters. The van der Waals surface area contributed by atoms with Crippen molar-refractivity contribution < 1.29 is 15.0 Å². The van der Waals surface area contributed by atoms with Gasteiger partial charge < -0.3 is 15.5 Å². The predicted molar refractivity (Wildman–Crippen MR) is 129 cm³/mol. The van der Waals surface area contributed by atoms with Crippen LogP contribution in [0, 0.1) is 0 Å². The maximum atomic E-state index is 10.5. The average Bonchev–Trinajstić information content (AvgIpc) is 2.70. The van der Waals surface area contributed by atoms with Crippen molar-refractivity contribution in [3.8, 4) is 0 Å². The first-order valence-electron chi connectivity index (χ1n) is 12.1. The molecular formula is C24H48N2NaO3. The molecule has 6 heteroatoms. The second-order valence-electron chi connectivity index (χ2n) is 8.07. The van der Waals surface area contributed by atoms with Gasteiger partial charge in [-0.15, -0.1) is 0 Å². The van der Waals surface area contributed by atoms with E-state index in [4.69, 9.17) is 10.2 Å². The van der Waals surface area contributed by atoms with Crippen molar-refractivity contribution >= 4 is 35.5 Å². The molecule has 0 aliphatic carbocycles. The smallest absolute Gasteiger partial charge is 0.317 e. The van der Waals surface area contributed by atoms with Gasteiger partial charge in [0.1, 0.15) is 0 Å². The van der Waals surface area contributed by atoms with Gasteiger partial charge in [-0.1, -0.05) is 76.9 Å². The van der Waals surface area contributed by atoms with Gasteiger partial charge >= 0.3 is 5.97 Å². The summed E-state index contributed by atoms with van der Waals surface area (Å²) in [6.07, 6.45) is 23.1. The van der Waals surface area contributed by atoms with Crippen molar-refractivity contribution in [2.75, 3.05) is 39.3 Å². The van der Waals surface area contributed by atoms with Crippen molar-refractivity contribution in [2.24, 2.45) is 0 Å². The van der Waals surface area contributed by atoms with Crippen LogP contribution in [-0.2, 0) is 4.79 Å². The van der Waals surface area contributed by atoms with Crippen molar-refractivity contribution in [1.82, 2.24) is 10.2 Å². The first kappa shape index (κ1) is 32.3. The van der Waals surface area contributed by atoms with E-state index in [-0.39, 0.29) is 42.7 Å². The molecule has 0 heterocycles. The molecule has 0 bridgehead atoms. The van der Waals surface area contributed by atoms with E-state index in [1.165, 1.54) is 83.5 Å². The van der Waals surface area contributed by atoms with E-state index in [1.54, 1.807) is 0 Å². The van der Waals surface area contributed by atoms with Crippen LogP contribution in [0.5, 0.6) is 0 Å². The molecule has 1 radical (unpaired) electrons. The number of aliphatic hydroxyl groups excluding tert-OH is 1. The number of hydrogen-bond acceptors (Lipinski definition) is 4. The van der Waals surface area contributed by atoms with Gasteiger partial charge in [0.2, 0.25) is 0 Å². The van der Waals surface area contributed by atoms with E-state index in [0.717, 1.165) is 19.5 Å². The van der Waals surface area contributed by atoms with Crippen LogP contribution in [0.1, 0.15) is 96.8 Å². The number of allylic oxidation sites excluding steroid dienone is 2. The van der Waals surface area contributed by atoms with Crippen LogP contribution in [0.2, 0.25) is 0 Å². The van der Waals surface area contributed by atoms with Gasteiger partial charge in [-0.2, -0.15) is 0 Å². The van der Waals surface area contributed by atoms with E-state index in [0.29, 0.717) is 13.1 Å². The molecule has 0 aromatic rings. The second kappa shape index (κ2) is 27.1. The number of hydrogen-bond donors (Lipinski definition) is 3. The SMILES string of the molecule is CCCCCCCC/C=C\CCCCCCCCN(CCO)CCNCC(=O)O.[Na]. The topological polar surface area (TPSA) is 72.8 Å². The summed E-state index contributed by atoms with van der Waals surface area (Å²) in [6, 6.07) is 0. The summed E-state index contributed by atoms with van der Waals surface area (Å²) in [4.78, 5) is 12.7. The third-order valence-corrected chi connectivity index (χ3v) is 5.28. The zero-order valence-electron chi connectivity index (χ0n) is 20.0. The molecule has 0 aliphatic heterocycles. The first-order chi connectivity index (χ1) is 14.2. The molecule has 0 saturated heterocycles. The normalized spacial score (nSPS) is 11.3. The zero-order chi connectivity index (χ0) is 21.4. The Labute approximate surface area is 208 Å². The summed E-state index contributed by atoms with van der Waals surface area (Å²) in [7, 11) is 0. The summed E-state index contributed by atoms with van der Waals surface area (Å²) >= 11 is 0. The standard InChI is InChI=1S/C24H48N2O3.Na/c1-2-3-4-5-6-7-8-9-10-11-12-13-14-15-16-17-19-26(21-22-27)20-18-25-23-24(28)29;/h9-10,25,27H,2-8,11-23H2,1H3,(H,28,29);/b10-9-;. The fourth-order valence-electron chi connectivity index (χ4n) is 3.49. The quantitative estimate of drug-likeness (QED) is 0.124. The summed E-state index contributed by atoms with van der Waals surface area (Å²) in [5.41, 5.74) is 0. The van der Waals surface area contributed by atoms with Crippen LogP contribution in [0.3, 0.4) is 0 Å². The molecule has 5 nitrogen and oxygen atoms in total. The minimum atomic E-state index is -0.827. The van der Waals surface area contributed by atoms with Crippen molar-refractivity contribution in [3.63, 3.8) is 0 Å². The van der Waals surface area contributed by atoms with E-state index in [9.17, 15) is 4.79 Å². The van der Waals surface area contributed by atoms with Crippen LogP contribution >= 0.6 is 0 Å². The van der Waals surface area contributed by atoms with E-state index < -0.39 is 5.97 Å². The maximum Gasteiger partial charge on any atom is 0.317 e. The van der Waals surface area contributed by atoms with Gasteiger partial charge in [0.05, 0.1) is 13.2 Å². The predicted octanol–water partition coefficient (Wildman–Crippen LogP) is 4.61. The van der Waals surface area contributed by atoms with Gasteiger partial charge in [0.25, 0.3) is 0 Å². The summed E-state index contributed by atoms with van der Waals surface area (Å²) in [5.74, 6) is -0.827. The molecule has 0 aliphatic rings. The number of unbranched alkanes of at least 4 members (excludes halogenated alkanes) is 12. The zero-order valence-corrected chi connectivity index (χ0v) is 22.0. The van der Waals surface area contributed by atoms with Gasteiger partial charge in [-0.05, 0) is 38.6 Å². The molecule has 0 spiro atoms. The number of carbonyl (C=O) groups is 1. The molecular weight excluding hydrogens is 387 g/mol. The Bertz CT molecular complexity index is 381. The molecule has 0 aromatic carbocycles. The molecule has 0 aromatic heterocycles. The summed E-state index contributed by atoms with van der Waals surface area (Å²) in [6.45, 7) is 5.52. The van der Waals surface area contributed by atoms with Gasteiger partial charge in [-0.25, -0.2) is 0 Å². The monoisotopic (exact) mass is 435 g/mol. The van der Waals surface area contributed by atoms with E-state index in [2.05, 4.69) is 29.3 Å². The van der Waals surface area contributed by atoms with Gasteiger partial charge in [-0.3, -0.25) is 9.69 Å². The maximum absolute atomic E-state index is 10.5. The first-order valence-corrected chi connectivity index (χ1v) is 12.1. The molecule has 0 amide bonds. The molecule has 173 valence electrons. The number of aliphatic carboxylic acids is 1. The summed E-state index contributed by atoms with van der Waals surface area (Å²) < 4.78 is 0. The average molecular weight is 436 g/mol. The second-order valence-corrected chi connectivity index (χ2v) is 8.07. The number of carboxylic acid groups (broad SMARTS) is 1. The molecule has 0 atom stereocenters. The van der Waals surface area contributed by atoms with Crippen molar-refractivity contribution in [2.45, 2.75) is 96.8 Å². The van der Waals surface area contributed by atoms with Gasteiger partial charge in [0, 0.05) is 49.2 Å². The largest absolute Gasteiger partial charge is 0.480 e. The Morgan fingerprint density at radius 1 is 0.800 bits per heavy atom. The Morgan fingerprint density at radius 3 is 1.87 bits per heavy atom. The van der Waals surface area contributed by atoms with Crippen LogP contribution < -0.4 is 5.32 Å². The van der Waals surface area contributed by atoms with E-state index >= 15 is 0 Å². The molecule has 0 rings (SSSR count). The number of carboxylic acids is 1. The minimum Gasteiger partial charge on any atom is -0.480 e. The van der Waals surface area contributed by atoms with Crippen molar-refractivity contribution in [3.05, 3.63) is 12.2 Å². The number of nitrogens with zero attached hydrogens (tertiary/aromatic N) is 1. The molecule has 0 saturated carbocycles. The Kier molecular flexibility index (Phi) is 29.2. The number of aliphatic hydroxyl groups is 1. The number of nitrogens with one attached hydrogen (secondary N) is 1. The van der Waals surface area contributed by atoms with Crippen LogP contribution in [0.15, 0.2) is 12.2 Å². The van der Waals surface area contributed by atoms with E-state index in [1.807, 2.05) is 0 Å². The minimum absolute atomic E-state index is 0. The molecule has 3 N–H and O–H groups in total. The fourth-order valence-corrected chi connectivity index (χ4v) is 3.49. The van der Waals surface area contributed by atoms with Crippen LogP contribution in [0.4, 0.5) is 0 Å². The fraction of sp³-hybridized carbons (Fsp3) is 0.875. The Morgan fingerprint density at radius 2 is 1.33 bits per heavy atom. The van der Waals surface area contributed by atoms with Crippen LogP contribution in [-0.4, -0.2) is 90.0 Å². The third kappa shape index (κ3) is 26.1. The Balaban J connectivity index is 0.